The number of halogens is 2. The number of aliphatic hydroxyl groups is 1. The average molecular weight is 246 g/mol. The molecular formula is C10H12F2N2O3. The summed E-state index contributed by atoms with van der Waals surface area (Å²) in [7, 11) is 1.52. The molecule has 1 rings (SSSR count). The van der Waals surface area contributed by atoms with Gasteiger partial charge in [0.05, 0.1) is 0 Å². The fourth-order valence-corrected chi connectivity index (χ4v) is 1.08. The van der Waals surface area contributed by atoms with Crippen molar-refractivity contribution in [3.05, 3.63) is 34.2 Å². The van der Waals surface area contributed by atoms with E-state index >= 15 is 0 Å². The quantitative estimate of drug-likeness (QED) is 0.769. The van der Waals surface area contributed by atoms with Gasteiger partial charge in [-0.05, 0) is 6.07 Å². The number of alkyl halides is 2. The van der Waals surface area contributed by atoms with Crippen molar-refractivity contribution in [1.82, 2.24) is 9.88 Å². The molecule has 17 heavy (non-hydrogen) atoms. The molecule has 1 aromatic heterocycles. The molecule has 0 spiro atoms. The topological polar surface area (TPSA) is 71.3 Å². The van der Waals surface area contributed by atoms with Crippen molar-refractivity contribution < 1.29 is 18.7 Å². The lowest BCUT2D eigenvalue weighted by Crippen LogP contribution is -2.36. The van der Waals surface area contributed by atoms with E-state index in [4.69, 9.17) is 5.11 Å². The molecule has 2 N–H and O–H groups in total. The van der Waals surface area contributed by atoms with Gasteiger partial charge in [0.1, 0.15) is 6.10 Å². The maximum absolute atomic E-state index is 11.9. The Hall–Kier alpha value is -1.76. The molecule has 1 atom stereocenters. The fraction of sp³-hybridized carbons (Fsp3) is 0.400. The maximum Gasteiger partial charge on any atom is 0.265 e. The van der Waals surface area contributed by atoms with Crippen LogP contribution in [0.3, 0.4) is 0 Å². The number of amides is 1. The van der Waals surface area contributed by atoms with E-state index in [0.29, 0.717) is 0 Å². The van der Waals surface area contributed by atoms with Gasteiger partial charge in [-0.25, -0.2) is 8.78 Å². The zero-order chi connectivity index (χ0) is 13.0. The molecule has 1 heterocycles. The number of carbonyl (C=O) groups is 1. The minimum atomic E-state index is -2.92. The van der Waals surface area contributed by atoms with Gasteiger partial charge in [-0.1, -0.05) is 0 Å². The largest absolute Gasteiger partial charge is 0.385 e. The summed E-state index contributed by atoms with van der Waals surface area (Å²) < 4.78 is 25.2. The van der Waals surface area contributed by atoms with E-state index in [-0.39, 0.29) is 11.1 Å². The van der Waals surface area contributed by atoms with E-state index in [1.54, 1.807) is 0 Å². The molecule has 0 saturated heterocycles. The molecule has 94 valence electrons. The highest BCUT2D eigenvalue weighted by Gasteiger charge is 2.17. The van der Waals surface area contributed by atoms with E-state index in [1.807, 2.05) is 0 Å². The van der Waals surface area contributed by atoms with Crippen LogP contribution in [0, 0.1) is 0 Å². The Morgan fingerprint density at radius 2 is 2.24 bits per heavy atom. The van der Waals surface area contributed by atoms with Crippen LogP contribution in [0.1, 0.15) is 10.4 Å². The van der Waals surface area contributed by atoms with E-state index < -0.39 is 25.0 Å². The van der Waals surface area contributed by atoms with Crippen LogP contribution in [-0.2, 0) is 7.05 Å². The number of hydrogen-bond donors (Lipinski definition) is 2. The molecule has 0 radical (unpaired) electrons. The molecule has 1 amide bonds. The van der Waals surface area contributed by atoms with Gasteiger partial charge in [0, 0.05) is 31.4 Å². The Morgan fingerprint density at radius 1 is 1.59 bits per heavy atom. The first-order chi connectivity index (χ1) is 7.91. The average Bonchev–Trinajstić information content (AvgIpc) is 2.28. The summed E-state index contributed by atoms with van der Waals surface area (Å²) in [5, 5.41) is 10.9. The molecule has 0 fully saturated rings. The van der Waals surface area contributed by atoms with Gasteiger partial charge in [-0.2, -0.15) is 0 Å². The Labute approximate surface area is 95.7 Å². The number of carbonyl (C=O) groups excluding carboxylic acids is 1. The van der Waals surface area contributed by atoms with Crippen molar-refractivity contribution in [2.75, 3.05) is 6.54 Å². The van der Waals surface area contributed by atoms with Crippen LogP contribution in [0.4, 0.5) is 8.78 Å². The van der Waals surface area contributed by atoms with Crippen LogP contribution in [0.15, 0.2) is 23.1 Å². The zero-order valence-corrected chi connectivity index (χ0v) is 9.06. The van der Waals surface area contributed by atoms with E-state index in [2.05, 4.69) is 5.32 Å². The summed E-state index contributed by atoms with van der Waals surface area (Å²) in [5.74, 6) is -0.678. The number of hydrogen-bond acceptors (Lipinski definition) is 3. The first-order valence-corrected chi connectivity index (χ1v) is 4.83. The highest BCUT2D eigenvalue weighted by atomic mass is 19.3. The van der Waals surface area contributed by atoms with Crippen LogP contribution >= 0.6 is 0 Å². The lowest BCUT2D eigenvalue weighted by atomic mass is 10.2. The standard InChI is InChI=1S/C10H12F2N2O3/c1-14-3-2-6(4-8(14)16)10(17)13-5-7(15)9(11)12/h2-4,7,9,15H,5H2,1H3,(H,13,17). The Bertz CT molecular complexity index is 459. The number of nitrogens with zero attached hydrogens (tertiary/aromatic N) is 1. The maximum atomic E-state index is 11.9. The van der Waals surface area contributed by atoms with Crippen molar-refractivity contribution in [1.29, 1.82) is 0 Å². The molecule has 1 aromatic rings. The zero-order valence-electron chi connectivity index (χ0n) is 9.06. The SMILES string of the molecule is Cn1ccc(C(=O)NCC(O)C(F)F)cc1=O. The number of rotatable bonds is 4. The molecule has 0 aliphatic carbocycles. The summed E-state index contributed by atoms with van der Waals surface area (Å²) in [6.45, 7) is -0.564. The molecule has 0 aliphatic rings. The Kier molecular flexibility index (Phi) is 4.33. The van der Waals surface area contributed by atoms with Crippen molar-refractivity contribution in [2.45, 2.75) is 12.5 Å². The van der Waals surface area contributed by atoms with E-state index in [9.17, 15) is 18.4 Å². The summed E-state index contributed by atoms with van der Waals surface area (Å²) in [6, 6.07) is 2.47. The van der Waals surface area contributed by atoms with Crippen LogP contribution in [0.5, 0.6) is 0 Å². The number of aliphatic hydroxyl groups excluding tert-OH is 1. The normalized spacial score (nSPS) is 12.5. The molecule has 5 nitrogen and oxygen atoms in total. The van der Waals surface area contributed by atoms with Crippen molar-refractivity contribution in [3.63, 3.8) is 0 Å². The Balaban J connectivity index is 2.64. The van der Waals surface area contributed by atoms with Crippen LogP contribution < -0.4 is 10.9 Å². The summed E-state index contributed by atoms with van der Waals surface area (Å²) in [5.41, 5.74) is -0.318. The number of aromatic nitrogens is 1. The molecule has 0 aromatic carbocycles. The smallest absolute Gasteiger partial charge is 0.265 e. The highest BCUT2D eigenvalue weighted by Crippen LogP contribution is 2.00. The predicted molar refractivity (Wildman–Crippen MR) is 56.0 cm³/mol. The molecular weight excluding hydrogens is 234 g/mol. The van der Waals surface area contributed by atoms with Crippen molar-refractivity contribution in [3.8, 4) is 0 Å². The minimum absolute atomic E-state index is 0.0644. The first-order valence-electron chi connectivity index (χ1n) is 4.83. The first kappa shape index (κ1) is 13.3. The van der Waals surface area contributed by atoms with Gasteiger partial charge in [-0.3, -0.25) is 9.59 Å². The third kappa shape index (κ3) is 3.63. The van der Waals surface area contributed by atoms with Gasteiger partial charge < -0.3 is 15.0 Å². The second-order valence-corrected chi connectivity index (χ2v) is 3.48. The highest BCUT2D eigenvalue weighted by molar-refractivity contribution is 5.93. The van der Waals surface area contributed by atoms with Crippen molar-refractivity contribution >= 4 is 5.91 Å². The van der Waals surface area contributed by atoms with Crippen LogP contribution in [-0.4, -0.2) is 34.7 Å². The summed E-state index contributed by atoms with van der Waals surface area (Å²) >= 11 is 0. The molecule has 0 bridgehead atoms. The second kappa shape index (κ2) is 5.53. The van der Waals surface area contributed by atoms with Gasteiger partial charge in [0.25, 0.3) is 17.9 Å². The predicted octanol–water partition coefficient (Wildman–Crippen LogP) is -0.259. The van der Waals surface area contributed by atoms with Crippen LogP contribution in [0.25, 0.3) is 0 Å². The lowest BCUT2D eigenvalue weighted by Gasteiger charge is -2.10. The Morgan fingerprint density at radius 3 is 2.76 bits per heavy atom. The summed E-state index contributed by atoms with van der Waals surface area (Å²) in [4.78, 5) is 22.6. The number of aryl methyl sites for hydroxylation is 1. The van der Waals surface area contributed by atoms with E-state index in [0.717, 1.165) is 6.07 Å². The van der Waals surface area contributed by atoms with Crippen molar-refractivity contribution in [2.24, 2.45) is 7.05 Å². The molecule has 1 unspecified atom stereocenters. The lowest BCUT2D eigenvalue weighted by molar-refractivity contribution is -0.00270. The molecule has 0 saturated carbocycles. The third-order valence-corrected chi connectivity index (χ3v) is 2.13. The van der Waals surface area contributed by atoms with Crippen LogP contribution in [0.2, 0.25) is 0 Å². The number of pyridine rings is 1. The van der Waals surface area contributed by atoms with Gasteiger partial charge >= 0.3 is 0 Å². The molecule has 7 heteroatoms. The summed E-state index contributed by atoms with van der Waals surface area (Å²) in [6.07, 6.45) is -3.44. The van der Waals surface area contributed by atoms with E-state index in [1.165, 1.54) is 23.9 Å². The number of nitrogens with one attached hydrogen (secondary N) is 1. The van der Waals surface area contributed by atoms with Gasteiger partial charge in [0.2, 0.25) is 0 Å². The third-order valence-electron chi connectivity index (χ3n) is 2.13. The minimum Gasteiger partial charge on any atom is -0.385 e. The fourth-order valence-electron chi connectivity index (χ4n) is 1.08. The van der Waals surface area contributed by atoms with Gasteiger partial charge in [0.15, 0.2) is 0 Å². The van der Waals surface area contributed by atoms with Gasteiger partial charge in [-0.15, -0.1) is 0 Å². The molecule has 0 aliphatic heterocycles. The monoisotopic (exact) mass is 246 g/mol. The second-order valence-electron chi connectivity index (χ2n) is 3.48.